The summed E-state index contributed by atoms with van der Waals surface area (Å²) in [4.78, 5) is 19.3. The smallest absolute Gasteiger partial charge is 0.420 e. The molecule has 8 nitrogen and oxygen atoms in total. The molecule has 214 valence electrons. The number of fused-ring (bicyclic) bond motifs is 1. The van der Waals surface area contributed by atoms with Gasteiger partial charge >= 0.3 is 12.3 Å². The average molecular weight is 560 g/mol. The van der Waals surface area contributed by atoms with E-state index in [0.717, 1.165) is 13.1 Å². The number of nitrogens with zero attached hydrogens (tertiary/aromatic N) is 3. The number of benzene rings is 2. The van der Waals surface area contributed by atoms with Crippen molar-refractivity contribution in [1.29, 1.82) is 0 Å². The summed E-state index contributed by atoms with van der Waals surface area (Å²) >= 11 is 0. The van der Waals surface area contributed by atoms with Crippen LogP contribution >= 0.6 is 0 Å². The number of piperidine rings is 1. The number of alkyl halides is 3. The van der Waals surface area contributed by atoms with Gasteiger partial charge in [0, 0.05) is 38.2 Å². The molecule has 0 unspecified atom stereocenters. The number of aliphatic hydroxyl groups is 1. The lowest BCUT2D eigenvalue weighted by Gasteiger charge is -2.29. The highest BCUT2D eigenvalue weighted by molar-refractivity contribution is 5.79. The van der Waals surface area contributed by atoms with E-state index in [1.165, 1.54) is 17.0 Å². The number of hydrogen-bond donors (Lipinski definition) is 2. The summed E-state index contributed by atoms with van der Waals surface area (Å²) in [5.41, 5.74) is 1.31. The summed E-state index contributed by atoms with van der Waals surface area (Å²) in [5.74, 6) is 0.479. The van der Waals surface area contributed by atoms with Crippen LogP contribution in [0.2, 0.25) is 0 Å². The van der Waals surface area contributed by atoms with Crippen molar-refractivity contribution >= 4 is 6.09 Å². The van der Waals surface area contributed by atoms with E-state index in [0.29, 0.717) is 66.9 Å². The van der Waals surface area contributed by atoms with Crippen molar-refractivity contribution in [2.75, 3.05) is 32.8 Å². The normalized spacial score (nSPS) is 16.7. The monoisotopic (exact) mass is 559 g/mol. The topological polar surface area (TPSA) is 99.3 Å². The Hall–Kier alpha value is -3.57. The number of halogens is 3. The minimum absolute atomic E-state index is 0.00254. The summed E-state index contributed by atoms with van der Waals surface area (Å²) in [6.07, 6.45) is -3.59. The standard InChI is InChI=1S/C29H32F3N3O5/c1-18-20(5-2-6-21(18)27-33-23-11-15-35(28(37)38)17-25(23)40-27)22-7-3-8-24(26(22)29(30,31)32)39-16-4-12-34-13-9-19(36)10-14-34/h2-3,5-8,19,36H,4,9-17H2,1H3,(H,37,38). The second kappa shape index (κ2) is 11.5. The Morgan fingerprint density at radius 3 is 2.52 bits per heavy atom. The number of aliphatic hydroxyl groups excluding tert-OH is 1. The van der Waals surface area contributed by atoms with Crippen LogP contribution in [0.25, 0.3) is 22.6 Å². The Labute approximate surface area is 230 Å². The molecule has 1 amide bonds. The molecule has 3 heterocycles. The number of amides is 1. The zero-order valence-electron chi connectivity index (χ0n) is 22.2. The highest BCUT2D eigenvalue weighted by Gasteiger charge is 2.38. The molecular weight excluding hydrogens is 527 g/mol. The first kappa shape index (κ1) is 28.0. The van der Waals surface area contributed by atoms with Gasteiger partial charge in [-0.2, -0.15) is 13.2 Å². The lowest BCUT2D eigenvalue weighted by Crippen LogP contribution is -2.36. The van der Waals surface area contributed by atoms with E-state index in [1.807, 2.05) is 0 Å². The molecule has 1 aromatic heterocycles. The Kier molecular flexibility index (Phi) is 8.04. The van der Waals surface area contributed by atoms with Gasteiger partial charge in [0.1, 0.15) is 17.1 Å². The van der Waals surface area contributed by atoms with Gasteiger partial charge in [-0.1, -0.05) is 24.3 Å². The highest BCUT2D eigenvalue weighted by Crippen LogP contribution is 2.45. The predicted molar refractivity (Wildman–Crippen MR) is 141 cm³/mol. The molecule has 2 aliphatic rings. The van der Waals surface area contributed by atoms with E-state index in [2.05, 4.69) is 9.88 Å². The van der Waals surface area contributed by atoms with Crippen LogP contribution in [0.3, 0.4) is 0 Å². The highest BCUT2D eigenvalue weighted by atomic mass is 19.4. The van der Waals surface area contributed by atoms with Gasteiger partial charge in [0.25, 0.3) is 0 Å². The molecule has 40 heavy (non-hydrogen) atoms. The Morgan fingerprint density at radius 1 is 1.10 bits per heavy atom. The number of oxazole rings is 1. The second-order valence-corrected chi connectivity index (χ2v) is 10.3. The van der Waals surface area contributed by atoms with Crippen molar-refractivity contribution in [1.82, 2.24) is 14.8 Å². The lowest BCUT2D eigenvalue weighted by molar-refractivity contribution is -0.138. The first-order chi connectivity index (χ1) is 19.1. The number of carboxylic acid groups (broad SMARTS) is 1. The first-order valence-corrected chi connectivity index (χ1v) is 13.4. The quantitative estimate of drug-likeness (QED) is 0.364. The summed E-state index contributed by atoms with van der Waals surface area (Å²) in [7, 11) is 0. The molecule has 0 radical (unpaired) electrons. The maximum absolute atomic E-state index is 14.4. The fourth-order valence-corrected chi connectivity index (χ4v) is 5.41. The fraction of sp³-hybridized carbons (Fsp3) is 0.448. The average Bonchev–Trinajstić information content (AvgIpc) is 3.35. The number of carbonyl (C=O) groups is 1. The van der Waals surface area contributed by atoms with Crippen LogP contribution in [0.15, 0.2) is 40.8 Å². The third kappa shape index (κ3) is 5.95. The number of ether oxygens (including phenoxy) is 1. The van der Waals surface area contributed by atoms with Gasteiger partial charge in [-0.15, -0.1) is 0 Å². The van der Waals surface area contributed by atoms with Crippen LogP contribution in [0.1, 0.15) is 41.8 Å². The van der Waals surface area contributed by atoms with Crippen LogP contribution in [0, 0.1) is 6.92 Å². The predicted octanol–water partition coefficient (Wildman–Crippen LogP) is 5.60. The van der Waals surface area contributed by atoms with Gasteiger partial charge in [0.15, 0.2) is 0 Å². The zero-order chi connectivity index (χ0) is 28.4. The van der Waals surface area contributed by atoms with Crippen LogP contribution in [-0.2, 0) is 19.1 Å². The molecule has 3 aromatic rings. The van der Waals surface area contributed by atoms with E-state index in [9.17, 15) is 28.2 Å². The molecule has 0 saturated carbocycles. The minimum Gasteiger partial charge on any atom is -0.493 e. The molecule has 1 fully saturated rings. The minimum atomic E-state index is -4.65. The molecule has 5 rings (SSSR count). The first-order valence-electron chi connectivity index (χ1n) is 13.4. The largest absolute Gasteiger partial charge is 0.493 e. The number of aromatic nitrogens is 1. The number of rotatable bonds is 7. The van der Waals surface area contributed by atoms with Crippen LogP contribution in [-0.4, -0.2) is 70.0 Å². The molecule has 0 spiro atoms. The fourth-order valence-electron chi connectivity index (χ4n) is 5.41. The summed E-state index contributed by atoms with van der Waals surface area (Å²) in [5, 5.41) is 18.9. The number of likely N-dealkylation sites (tertiary alicyclic amines) is 1. The summed E-state index contributed by atoms with van der Waals surface area (Å²) in [6.45, 7) is 4.47. The van der Waals surface area contributed by atoms with Gasteiger partial charge in [-0.25, -0.2) is 9.78 Å². The van der Waals surface area contributed by atoms with Crippen LogP contribution < -0.4 is 4.74 Å². The zero-order valence-corrected chi connectivity index (χ0v) is 22.2. The summed E-state index contributed by atoms with van der Waals surface area (Å²) < 4.78 is 54.9. The van der Waals surface area contributed by atoms with Crippen molar-refractivity contribution in [3.8, 4) is 28.3 Å². The second-order valence-electron chi connectivity index (χ2n) is 10.3. The lowest BCUT2D eigenvalue weighted by atomic mass is 9.92. The molecule has 2 N–H and O–H groups in total. The van der Waals surface area contributed by atoms with Crippen molar-refractivity contribution in [2.24, 2.45) is 0 Å². The third-order valence-electron chi connectivity index (χ3n) is 7.60. The van der Waals surface area contributed by atoms with E-state index >= 15 is 0 Å². The SMILES string of the molecule is Cc1c(-c2nc3c(o2)CN(C(=O)O)CC3)cccc1-c1cccc(OCCCN2CCC(O)CC2)c1C(F)(F)F. The molecular formula is C29H32F3N3O5. The Bertz CT molecular complexity index is 1370. The van der Waals surface area contributed by atoms with Crippen LogP contribution in [0.5, 0.6) is 5.75 Å². The molecule has 0 aliphatic carbocycles. The Balaban J connectivity index is 1.39. The Morgan fingerprint density at radius 2 is 1.80 bits per heavy atom. The van der Waals surface area contributed by atoms with E-state index in [4.69, 9.17) is 9.15 Å². The van der Waals surface area contributed by atoms with Crippen LogP contribution in [0.4, 0.5) is 18.0 Å². The van der Waals surface area contributed by atoms with Gasteiger partial charge in [-0.05, 0) is 55.0 Å². The van der Waals surface area contributed by atoms with Gasteiger partial charge < -0.3 is 29.2 Å². The van der Waals surface area contributed by atoms with Gasteiger partial charge in [0.2, 0.25) is 5.89 Å². The molecule has 1 saturated heterocycles. The number of hydrogen-bond acceptors (Lipinski definition) is 6. The van der Waals surface area contributed by atoms with Gasteiger partial charge in [-0.3, -0.25) is 0 Å². The van der Waals surface area contributed by atoms with Crippen molar-refractivity contribution in [3.63, 3.8) is 0 Å². The molecule has 11 heteroatoms. The molecule has 0 bridgehead atoms. The van der Waals surface area contributed by atoms with Crippen molar-refractivity contribution in [2.45, 2.75) is 51.4 Å². The van der Waals surface area contributed by atoms with E-state index in [1.54, 1.807) is 31.2 Å². The van der Waals surface area contributed by atoms with Crippen molar-refractivity contribution < 1.29 is 37.3 Å². The van der Waals surface area contributed by atoms with E-state index in [-0.39, 0.29) is 36.5 Å². The summed E-state index contributed by atoms with van der Waals surface area (Å²) in [6, 6.07) is 9.37. The van der Waals surface area contributed by atoms with Gasteiger partial charge in [0.05, 0.1) is 24.9 Å². The maximum atomic E-state index is 14.4. The third-order valence-corrected chi connectivity index (χ3v) is 7.60. The van der Waals surface area contributed by atoms with Crippen molar-refractivity contribution in [3.05, 3.63) is 59.0 Å². The maximum Gasteiger partial charge on any atom is 0.420 e. The van der Waals surface area contributed by atoms with E-state index < -0.39 is 17.8 Å². The molecule has 2 aromatic carbocycles. The molecule has 0 atom stereocenters. The molecule has 2 aliphatic heterocycles.